The Morgan fingerprint density at radius 1 is 1.05 bits per heavy atom. The monoisotopic (exact) mass is 348 g/mol. The van der Waals surface area contributed by atoms with E-state index in [1.165, 1.54) is 62.0 Å². The molecule has 1 saturated heterocycles. The first-order valence-electron chi connectivity index (χ1n) is 8.14. The van der Waals surface area contributed by atoms with Crippen molar-refractivity contribution in [3.05, 3.63) is 46.5 Å². The largest absolute Gasteiger partial charge is 0.301 e. The Bertz CT molecular complexity index is 478. The normalized spacial score (nSPS) is 24.3. The molecule has 1 heterocycles. The second-order valence-electron chi connectivity index (χ2n) is 6.36. The van der Waals surface area contributed by atoms with E-state index < -0.39 is 0 Å². The van der Waals surface area contributed by atoms with Crippen molar-refractivity contribution >= 4 is 15.9 Å². The molecule has 2 aliphatic rings. The number of piperazine rings is 1. The van der Waals surface area contributed by atoms with Gasteiger partial charge in [0, 0.05) is 43.7 Å². The van der Waals surface area contributed by atoms with E-state index in [4.69, 9.17) is 0 Å². The molecule has 0 unspecified atom stereocenters. The molecule has 0 bridgehead atoms. The van der Waals surface area contributed by atoms with Gasteiger partial charge >= 0.3 is 0 Å². The molecule has 1 aromatic carbocycles. The van der Waals surface area contributed by atoms with Gasteiger partial charge in [-0.25, -0.2) is 0 Å². The lowest BCUT2D eigenvalue weighted by Gasteiger charge is -2.36. The molecule has 0 amide bonds. The quantitative estimate of drug-likeness (QED) is 0.760. The molecule has 1 aliphatic carbocycles. The highest BCUT2D eigenvalue weighted by molar-refractivity contribution is 9.10. The molecule has 1 atom stereocenters. The molecule has 3 rings (SSSR count). The number of halogens is 1. The Morgan fingerprint density at radius 3 is 2.57 bits per heavy atom. The van der Waals surface area contributed by atoms with Gasteiger partial charge in [0.05, 0.1) is 0 Å². The SMILES string of the molecule is Brc1cccc(CN2CCN(C[C@@H]3CC=CCC3)CC2)c1. The lowest BCUT2D eigenvalue weighted by Crippen LogP contribution is -2.47. The van der Waals surface area contributed by atoms with Crippen LogP contribution in [0, 0.1) is 5.92 Å². The van der Waals surface area contributed by atoms with Crippen molar-refractivity contribution in [2.75, 3.05) is 32.7 Å². The lowest BCUT2D eigenvalue weighted by atomic mass is 9.94. The van der Waals surface area contributed by atoms with Crippen LogP contribution in [0.3, 0.4) is 0 Å². The van der Waals surface area contributed by atoms with Crippen LogP contribution < -0.4 is 0 Å². The van der Waals surface area contributed by atoms with E-state index in [9.17, 15) is 0 Å². The minimum absolute atomic E-state index is 0.895. The standard InChI is InChI=1S/C18H25BrN2/c19-18-8-4-7-17(13-18)15-21-11-9-20(10-12-21)14-16-5-2-1-3-6-16/h1-2,4,7-8,13,16H,3,5-6,9-12,14-15H2/t16-/m1/s1. The molecule has 0 saturated carbocycles. The average Bonchev–Trinajstić information content (AvgIpc) is 2.50. The van der Waals surface area contributed by atoms with E-state index >= 15 is 0 Å². The van der Waals surface area contributed by atoms with E-state index in [0.29, 0.717) is 0 Å². The maximum absolute atomic E-state index is 3.56. The van der Waals surface area contributed by atoms with Gasteiger partial charge < -0.3 is 4.90 Å². The van der Waals surface area contributed by atoms with Crippen molar-refractivity contribution < 1.29 is 0 Å². The van der Waals surface area contributed by atoms with Gasteiger partial charge in [-0.05, 0) is 42.9 Å². The minimum atomic E-state index is 0.895. The number of benzene rings is 1. The number of hydrogen-bond acceptors (Lipinski definition) is 2. The summed E-state index contributed by atoms with van der Waals surface area (Å²) in [4.78, 5) is 5.25. The van der Waals surface area contributed by atoms with Crippen LogP contribution >= 0.6 is 15.9 Å². The zero-order valence-corrected chi connectivity index (χ0v) is 14.3. The molecule has 1 fully saturated rings. The fourth-order valence-corrected chi connectivity index (χ4v) is 3.86. The Balaban J connectivity index is 1.43. The van der Waals surface area contributed by atoms with Crippen molar-refractivity contribution in [2.24, 2.45) is 5.92 Å². The number of rotatable bonds is 4. The highest BCUT2D eigenvalue weighted by Crippen LogP contribution is 2.20. The molecule has 0 N–H and O–H groups in total. The molecule has 3 heteroatoms. The third kappa shape index (κ3) is 4.67. The van der Waals surface area contributed by atoms with Crippen molar-refractivity contribution in [3.63, 3.8) is 0 Å². The number of hydrogen-bond donors (Lipinski definition) is 0. The van der Waals surface area contributed by atoms with Crippen molar-refractivity contribution in [2.45, 2.75) is 25.8 Å². The molecule has 1 aliphatic heterocycles. The van der Waals surface area contributed by atoms with Crippen molar-refractivity contribution in [1.82, 2.24) is 9.80 Å². The molecule has 1 aromatic rings. The Kier molecular flexibility index (Phi) is 5.50. The molecule has 0 spiro atoms. The Labute approximate surface area is 136 Å². The third-order valence-electron chi connectivity index (χ3n) is 4.65. The van der Waals surface area contributed by atoms with Gasteiger partial charge in [-0.3, -0.25) is 4.90 Å². The number of nitrogens with zero attached hydrogens (tertiary/aromatic N) is 2. The van der Waals surface area contributed by atoms with E-state index in [1.807, 2.05) is 0 Å². The van der Waals surface area contributed by atoms with Gasteiger partial charge in [-0.2, -0.15) is 0 Å². The van der Waals surface area contributed by atoms with Gasteiger partial charge in [0.25, 0.3) is 0 Å². The minimum Gasteiger partial charge on any atom is -0.301 e. The summed E-state index contributed by atoms with van der Waals surface area (Å²) in [7, 11) is 0. The van der Waals surface area contributed by atoms with Gasteiger partial charge in [0.2, 0.25) is 0 Å². The van der Waals surface area contributed by atoms with Crippen LogP contribution in [-0.4, -0.2) is 42.5 Å². The van der Waals surface area contributed by atoms with Crippen LogP contribution in [0.1, 0.15) is 24.8 Å². The van der Waals surface area contributed by atoms with Crippen molar-refractivity contribution in [3.8, 4) is 0 Å². The molecule has 0 radical (unpaired) electrons. The highest BCUT2D eigenvalue weighted by Gasteiger charge is 2.20. The first-order valence-corrected chi connectivity index (χ1v) is 8.93. The summed E-state index contributed by atoms with van der Waals surface area (Å²) >= 11 is 3.56. The Hall–Kier alpha value is -0.640. The van der Waals surface area contributed by atoms with Crippen LogP contribution in [0.4, 0.5) is 0 Å². The van der Waals surface area contributed by atoms with Crippen LogP contribution in [-0.2, 0) is 6.54 Å². The second kappa shape index (κ2) is 7.57. The predicted octanol–water partition coefficient (Wildman–Crippen LogP) is 3.92. The molecule has 114 valence electrons. The van der Waals surface area contributed by atoms with Crippen LogP contribution in [0.5, 0.6) is 0 Å². The maximum atomic E-state index is 3.56. The summed E-state index contributed by atoms with van der Waals surface area (Å²) < 4.78 is 1.18. The molecule has 0 aromatic heterocycles. The topological polar surface area (TPSA) is 6.48 Å². The van der Waals surface area contributed by atoms with E-state index in [2.05, 4.69) is 62.1 Å². The van der Waals surface area contributed by atoms with Gasteiger partial charge in [-0.1, -0.05) is 40.2 Å². The van der Waals surface area contributed by atoms with Gasteiger partial charge in [0.15, 0.2) is 0 Å². The molecule has 2 nitrogen and oxygen atoms in total. The fourth-order valence-electron chi connectivity index (χ4n) is 3.41. The summed E-state index contributed by atoms with van der Waals surface area (Å²) in [6, 6.07) is 8.69. The Morgan fingerprint density at radius 2 is 1.86 bits per heavy atom. The van der Waals surface area contributed by atoms with Crippen molar-refractivity contribution in [1.29, 1.82) is 0 Å². The smallest absolute Gasteiger partial charge is 0.0235 e. The zero-order chi connectivity index (χ0) is 14.5. The zero-order valence-electron chi connectivity index (χ0n) is 12.7. The van der Waals surface area contributed by atoms with E-state index in [-0.39, 0.29) is 0 Å². The van der Waals surface area contributed by atoms with Crippen LogP contribution in [0.25, 0.3) is 0 Å². The first-order chi connectivity index (χ1) is 10.3. The summed E-state index contributed by atoms with van der Waals surface area (Å²) in [6.45, 7) is 7.25. The second-order valence-corrected chi connectivity index (χ2v) is 7.27. The predicted molar refractivity (Wildman–Crippen MR) is 92.3 cm³/mol. The first kappa shape index (κ1) is 15.3. The highest BCUT2D eigenvalue weighted by atomic mass is 79.9. The average molecular weight is 349 g/mol. The number of allylic oxidation sites excluding steroid dienone is 2. The summed E-state index contributed by atoms with van der Waals surface area (Å²) in [6.07, 6.45) is 8.67. The molecular formula is C18H25BrN2. The van der Waals surface area contributed by atoms with Crippen LogP contribution in [0.2, 0.25) is 0 Å². The lowest BCUT2D eigenvalue weighted by molar-refractivity contribution is 0.111. The fraction of sp³-hybridized carbons (Fsp3) is 0.556. The summed E-state index contributed by atoms with van der Waals surface area (Å²) in [5, 5.41) is 0. The molecular weight excluding hydrogens is 324 g/mol. The summed E-state index contributed by atoms with van der Waals surface area (Å²) in [5.41, 5.74) is 1.41. The summed E-state index contributed by atoms with van der Waals surface area (Å²) in [5.74, 6) is 0.895. The third-order valence-corrected chi connectivity index (χ3v) is 5.15. The van der Waals surface area contributed by atoms with E-state index in [0.717, 1.165) is 12.5 Å². The maximum Gasteiger partial charge on any atom is 0.0235 e. The molecule has 21 heavy (non-hydrogen) atoms. The van der Waals surface area contributed by atoms with Crippen LogP contribution in [0.15, 0.2) is 40.9 Å². The van der Waals surface area contributed by atoms with E-state index in [1.54, 1.807) is 0 Å². The van der Waals surface area contributed by atoms with Gasteiger partial charge in [0.1, 0.15) is 0 Å². The van der Waals surface area contributed by atoms with Gasteiger partial charge in [-0.15, -0.1) is 0 Å².